The predicted octanol–water partition coefficient (Wildman–Crippen LogP) is 1.92. The van der Waals surface area contributed by atoms with Crippen molar-refractivity contribution in [2.45, 2.75) is 38.5 Å². The number of morpholine rings is 1. The van der Waals surface area contributed by atoms with Gasteiger partial charge < -0.3 is 25.0 Å². The standard InChI is InChI=1S/C18H24FN3O4/c1-11-8-22(9-12(2)26-11)16-4-3-13(7-15(16)19)17(23)20-14-5-6-21(10-14)18(24)25/h3-4,7,11-12,14H,5-6,8-10H2,1-2H3,(H,20,23)(H,24,25)/t11-,12+,14-/m1/s1. The number of halogens is 1. The van der Waals surface area contributed by atoms with Crippen LogP contribution in [0.25, 0.3) is 0 Å². The molecule has 0 unspecified atom stereocenters. The first kappa shape index (κ1) is 18.4. The zero-order valence-corrected chi connectivity index (χ0v) is 14.9. The largest absolute Gasteiger partial charge is 0.465 e. The summed E-state index contributed by atoms with van der Waals surface area (Å²) in [5.41, 5.74) is 0.691. The van der Waals surface area contributed by atoms with E-state index in [4.69, 9.17) is 9.84 Å². The number of ether oxygens (including phenoxy) is 1. The van der Waals surface area contributed by atoms with Crippen LogP contribution in [0, 0.1) is 5.82 Å². The van der Waals surface area contributed by atoms with Crippen LogP contribution in [-0.2, 0) is 4.74 Å². The number of nitrogens with one attached hydrogen (secondary N) is 1. The van der Waals surface area contributed by atoms with Crippen LogP contribution in [-0.4, -0.2) is 66.4 Å². The van der Waals surface area contributed by atoms with Crippen molar-refractivity contribution in [3.63, 3.8) is 0 Å². The van der Waals surface area contributed by atoms with E-state index < -0.39 is 17.8 Å². The number of amides is 2. The van der Waals surface area contributed by atoms with Crippen molar-refractivity contribution in [3.8, 4) is 0 Å². The molecule has 0 radical (unpaired) electrons. The summed E-state index contributed by atoms with van der Waals surface area (Å²) in [6.07, 6.45) is -0.408. The molecule has 0 aromatic heterocycles. The summed E-state index contributed by atoms with van der Waals surface area (Å²) in [5, 5.41) is 11.7. The number of hydrogen-bond acceptors (Lipinski definition) is 4. The molecule has 0 spiro atoms. The summed E-state index contributed by atoms with van der Waals surface area (Å²) in [6.45, 7) is 5.74. The summed E-state index contributed by atoms with van der Waals surface area (Å²) in [4.78, 5) is 26.5. The summed E-state index contributed by atoms with van der Waals surface area (Å²) in [5.74, 6) is -0.839. The van der Waals surface area contributed by atoms with E-state index in [0.29, 0.717) is 31.7 Å². The number of anilines is 1. The van der Waals surface area contributed by atoms with Gasteiger partial charge in [0.2, 0.25) is 0 Å². The number of carbonyl (C=O) groups excluding carboxylic acids is 1. The second-order valence-electron chi connectivity index (χ2n) is 7.02. The van der Waals surface area contributed by atoms with Crippen LogP contribution >= 0.6 is 0 Å². The van der Waals surface area contributed by atoms with Gasteiger partial charge in [-0.3, -0.25) is 4.79 Å². The molecule has 3 atom stereocenters. The molecule has 26 heavy (non-hydrogen) atoms. The molecule has 2 aliphatic rings. The first-order chi connectivity index (χ1) is 12.3. The number of likely N-dealkylation sites (tertiary alicyclic amines) is 1. The molecule has 2 heterocycles. The van der Waals surface area contributed by atoms with E-state index in [-0.39, 0.29) is 30.4 Å². The molecule has 0 aliphatic carbocycles. The van der Waals surface area contributed by atoms with Crippen LogP contribution in [0.1, 0.15) is 30.6 Å². The number of benzene rings is 1. The van der Waals surface area contributed by atoms with E-state index in [9.17, 15) is 14.0 Å². The fourth-order valence-corrected chi connectivity index (χ4v) is 3.60. The van der Waals surface area contributed by atoms with Gasteiger partial charge in [-0.25, -0.2) is 9.18 Å². The van der Waals surface area contributed by atoms with Gasteiger partial charge in [0.1, 0.15) is 5.82 Å². The monoisotopic (exact) mass is 365 g/mol. The summed E-state index contributed by atoms with van der Waals surface area (Å²) >= 11 is 0. The van der Waals surface area contributed by atoms with Crippen molar-refractivity contribution in [3.05, 3.63) is 29.6 Å². The maximum atomic E-state index is 14.6. The van der Waals surface area contributed by atoms with E-state index in [1.54, 1.807) is 12.1 Å². The van der Waals surface area contributed by atoms with Gasteiger partial charge >= 0.3 is 6.09 Å². The van der Waals surface area contributed by atoms with Gasteiger partial charge in [0.05, 0.1) is 17.9 Å². The third-order valence-electron chi connectivity index (χ3n) is 4.76. The first-order valence-electron chi connectivity index (χ1n) is 8.82. The van der Waals surface area contributed by atoms with Crippen molar-refractivity contribution in [2.24, 2.45) is 0 Å². The normalized spacial score (nSPS) is 26.0. The fraction of sp³-hybridized carbons (Fsp3) is 0.556. The number of hydrogen-bond donors (Lipinski definition) is 2. The highest BCUT2D eigenvalue weighted by Crippen LogP contribution is 2.24. The molecule has 2 amide bonds. The highest BCUT2D eigenvalue weighted by Gasteiger charge is 2.28. The highest BCUT2D eigenvalue weighted by atomic mass is 19.1. The lowest BCUT2D eigenvalue weighted by molar-refractivity contribution is -0.00540. The zero-order chi connectivity index (χ0) is 18.8. The SMILES string of the molecule is C[C@@H]1CN(c2ccc(C(=O)N[C@@H]3CCN(C(=O)O)C3)cc2F)C[C@H](C)O1. The smallest absolute Gasteiger partial charge is 0.407 e. The molecule has 0 bridgehead atoms. The molecule has 2 aliphatic heterocycles. The first-order valence-corrected chi connectivity index (χ1v) is 8.82. The molecule has 142 valence electrons. The number of rotatable bonds is 3. The predicted molar refractivity (Wildman–Crippen MR) is 94.1 cm³/mol. The van der Waals surface area contributed by atoms with Crippen molar-refractivity contribution in [1.29, 1.82) is 0 Å². The molecule has 3 rings (SSSR count). The Bertz CT molecular complexity index is 689. The third-order valence-corrected chi connectivity index (χ3v) is 4.76. The van der Waals surface area contributed by atoms with Gasteiger partial charge in [0.15, 0.2) is 0 Å². The minimum absolute atomic E-state index is 0.0145. The van der Waals surface area contributed by atoms with E-state index >= 15 is 0 Å². The molecule has 2 saturated heterocycles. The van der Waals surface area contributed by atoms with Crippen LogP contribution in [0.5, 0.6) is 0 Å². The zero-order valence-electron chi connectivity index (χ0n) is 14.9. The Morgan fingerprint density at radius 2 is 1.92 bits per heavy atom. The van der Waals surface area contributed by atoms with Crippen LogP contribution in [0.2, 0.25) is 0 Å². The Hall–Kier alpha value is -2.35. The maximum absolute atomic E-state index is 14.6. The van der Waals surface area contributed by atoms with Crippen LogP contribution in [0.15, 0.2) is 18.2 Å². The van der Waals surface area contributed by atoms with E-state index in [2.05, 4.69) is 5.32 Å². The molecular formula is C18H24FN3O4. The van der Waals surface area contributed by atoms with E-state index in [1.807, 2.05) is 18.7 Å². The lowest BCUT2D eigenvalue weighted by Gasteiger charge is -2.37. The summed E-state index contributed by atoms with van der Waals surface area (Å²) in [7, 11) is 0. The molecule has 2 fully saturated rings. The second-order valence-corrected chi connectivity index (χ2v) is 7.02. The van der Waals surface area contributed by atoms with Crippen LogP contribution in [0.3, 0.4) is 0 Å². The third kappa shape index (κ3) is 4.07. The lowest BCUT2D eigenvalue weighted by atomic mass is 10.1. The molecule has 2 N–H and O–H groups in total. The Morgan fingerprint density at radius 3 is 2.50 bits per heavy atom. The minimum Gasteiger partial charge on any atom is -0.465 e. The summed E-state index contributed by atoms with van der Waals surface area (Å²) in [6, 6.07) is 4.21. The average Bonchev–Trinajstić information content (AvgIpc) is 3.02. The Morgan fingerprint density at radius 1 is 1.23 bits per heavy atom. The average molecular weight is 365 g/mol. The van der Waals surface area contributed by atoms with Crippen molar-refractivity contribution in [2.75, 3.05) is 31.1 Å². The highest BCUT2D eigenvalue weighted by molar-refractivity contribution is 5.94. The maximum Gasteiger partial charge on any atom is 0.407 e. The van der Waals surface area contributed by atoms with Gasteiger partial charge in [-0.05, 0) is 38.5 Å². The van der Waals surface area contributed by atoms with Crippen LogP contribution in [0.4, 0.5) is 14.9 Å². The molecule has 7 nitrogen and oxygen atoms in total. The number of carboxylic acid groups (broad SMARTS) is 1. The Balaban J connectivity index is 1.65. The van der Waals surface area contributed by atoms with E-state index in [1.165, 1.54) is 11.0 Å². The Labute approximate surface area is 151 Å². The summed E-state index contributed by atoms with van der Waals surface area (Å²) < 4.78 is 20.2. The van der Waals surface area contributed by atoms with Crippen molar-refractivity contribution in [1.82, 2.24) is 10.2 Å². The van der Waals surface area contributed by atoms with Gasteiger partial charge in [0.25, 0.3) is 5.91 Å². The van der Waals surface area contributed by atoms with Gasteiger partial charge in [-0.15, -0.1) is 0 Å². The molecular weight excluding hydrogens is 341 g/mol. The quantitative estimate of drug-likeness (QED) is 0.855. The fourth-order valence-electron chi connectivity index (χ4n) is 3.60. The van der Waals surface area contributed by atoms with Crippen molar-refractivity contribution >= 4 is 17.7 Å². The van der Waals surface area contributed by atoms with Crippen LogP contribution < -0.4 is 10.2 Å². The molecule has 8 heteroatoms. The Kier molecular flexibility index (Phi) is 5.31. The number of nitrogens with zero attached hydrogens (tertiary/aromatic N) is 2. The number of carbonyl (C=O) groups is 2. The minimum atomic E-state index is -0.994. The van der Waals surface area contributed by atoms with Gasteiger partial charge in [0, 0.05) is 37.8 Å². The molecule has 1 aromatic carbocycles. The lowest BCUT2D eigenvalue weighted by Crippen LogP contribution is -2.45. The topological polar surface area (TPSA) is 82.1 Å². The van der Waals surface area contributed by atoms with Crippen molar-refractivity contribution < 1.29 is 23.8 Å². The van der Waals surface area contributed by atoms with E-state index in [0.717, 1.165) is 0 Å². The second kappa shape index (κ2) is 7.49. The van der Waals surface area contributed by atoms with Gasteiger partial charge in [-0.2, -0.15) is 0 Å². The molecule has 1 aromatic rings. The molecule has 0 saturated carbocycles. The van der Waals surface area contributed by atoms with Gasteiger partial charge in [-0.1, -0.05) is 0 Å².